The summed E-state index contributed by atoms with van der Waals surface area (Å²) < 4.78 is 34.3. The molecule has 12 heteroatoms. The lowest BCUT2D eigenvalue weighted by atomic mass is 10.2. The van der Waals surface area contributed by atoms with Gasteiger partial charge in [-0.2, -0.15) is 0 Å². The summed E-state index contributed by atoms with van der Waals surface area (Å²) in [6.07, 6.45) is 0.308. The molecule has 1 N–H and O–H groups in total. The van der Waals surface area contributed by atoms with E-state index in [1.54, 1.807) is 0 Å². The van der Waals surface area contributed by atoms with E-state index in [1.165, 1.54) is 29.2 Å². The molecule has 0 bridgehead atoms. The van der Waals surface area contributed by atoms with E-state index in [0.717, 1.165) is 22.9 Å². The van der Waals surface area contributed by atoms with Crippen molar-refractivity contribution in [2.24, 2.45) is 0 Å². The normalized spacial score (nSPS) is 13.3. The quantitative estimate of drug-likeness (QED) is 0.566. The minimum absolute atomic E-state index is 0.165. The third-order valence-corrected chi connectivity index (χ3v) is 5.47. The Labute approximate surface area is 188 Å². The first-order valence-corrected chi connectivity index (χ1v) is 9.83. The van der Waals surface area contributed by atoms with Crippen molar-refractivity contribution in [3.8, 4) is 5.69 Å². The van der Waals surface area contributed by atoms with Gasteiger partial charge in [0.2, 0.25) is 0 Å². The van der Waals surface area contributed by atoms with Gasteiger partial charge in [-0.3, -0.25) is 18.8 Å². The predicted octanol–water partition coefficient (Wildman–Crippen LogP) is 2.63. The molecule has 0 unspecified atom stereocenters. The topological polar surface area (TPSA) is 111 Å². The summed E-state index contributed by atoms with van der Waals surface area (Å²) in [5.74, 6) is -3.56. The third kappa shape index (κ3) is 3.98. The summed E-state index contributed by atoms with van der Waals surface area (Å²) in [7, 11) is 0. The Morgan fingerprint density at radius 2 is 1.67 bits per heavy atom. The number of aromatic nitrogens is 2. The lowest BCUT2D eigenvalue weighted by Gasteiger charge is -2.15. The fourth-order valence-electron chi connectivity index (χ4n) is 3.37. The van der Waals surface area contributed by atoms with Gasteiger partial charge in [-0.05, 0) is 36.4 Å². The molecule has 1 aliphatic rings. The Bertz CT molecular complexity index is 1400. The zero-order valence-electron chi connectivity index (χ0n) is 16.6. The molecular weight excluding hydrogens is 464 g/mol. The maximum absolute atomic E-state index is 14.3. The van der Waals surface area contributed by atoms with Crippen molar-refractivity contribution in [3.05, 3.63) is 91.2 Å². The lowest BCUT2D eigenvalue weighted by Crippen LogP contribution is -2.42. The second-order valence-electron chi connectivity index (χ2n) is 7.00. The third-order valence-electron chi connectivity index (χ3n) is 5.06. The molecule has 4 rings (SSSR count). The van der Waals surface area contributed by atoms with Crippen molar-refractivity contribution >= 4 is 29.4 Å². The zero-order chi connectivity index (χ0) is 23.9. The second-order valence-corrected chi connectivity index (χ2v) is 7.37. The van der Waals surface area contributed by atoms with Crippen LogP contribution < -0.4 is 16.1 Å². The van der Waals surface area contributed by atoms with Gasteiger partial charge in [-0.1, -0.05) is 11.6 Å². The molecule has 1 aliphatic heterocycles. The first kappa shape index (κ1) is 22.2. The van der Waals surface area contributed by atoms with E-state index in [2.05, 4.69) is 0 Å². The van der Waals surface area contributed by atoms with Gasteiger partial charge in [-0.15, -0.1) is 0 Å². The lowest BCUT2D eigenvalue weighted by molar-refractivity contribution is 0.0693. The Morgan fingerprint density at radius 1 is 1.03 bits per heavy atom. The molecule has 170 valence electrons. The molecule has 0 atom stereocenters. The van der Waals surface area contributed by atoms with Crippen LogP contribution >= 0.6 is 11.6 Å². The molecule has 1 amide bonds. The van der Waals surface area contributed by atoms with Crippen LogP contribution in [0.4, 0.5) is 19.3 Å². The van der Waals surface area contributed by atoms with Gasteiger partial charge in [0, 0.05) is 17.4 Å². The molecule has 0 aliphatic carbocycles. The summed E-state index contributed by atoms with van der Waals surface area (Å²) in [5.41, 5.74) is -2.81. The number of ether oxygens (including phenoxy) is 1. The van der Waals surface area contributed by atoms with Crippen LogP contribution in [-0.2, 0) is 11.3 Å². The molecule has 0 spiro atoms. The van der Waals surface area contributed by atoms with Crippen LogP contribution in [-0.4, -0.2) is 39.5 Å². The molecule has 1 fully saturated rings. The van der Waals surface area contributed by atoms with Crippen LogP contribution in [0.5, 0.6) is 0 Å². The van der Waals surface area contributed by atoms with Gasteiger partial charge in [0.25, 0.3) is 5.56 Å². The Kier molecular flexibility index (Phi) is 5.73. The molecule has 1 aromatic heterocycles. The van der Waals surface area contributed by atoms with Crippen molar-refractivity contribution in [1.29, 1.82) is 0 Å². The first-order chi connectivity index (χ1) is 15.7. The maximum Gasteiger partial charge on any atom is 0.414 e. The van der Waals surface area contributed by atoms with E-state index in [-0.39, 0.29) is 12.3 Å². The summed E-state index contributed by atoms with van der Waals surface area (Å²) in [6, 6.07) is 7.44. The Balaban J connectivity index is 1.84. The van der Waals surface area contributed by atoms with Crippen molar-refractivity contribution in [2.75, 3.05) is 18.1 Å². The molecule has 9 nitrogen and oxygen atoms in total. The number of cyclic esters (lactones) is 1. The highest BCUT2D eigenvalue weighted by Gasteiger charge is 2.24. The minimum atomic E-state index is -1.62. The Morgan fingerprint density at radius 3 is 2.27 bits per heavy atom. The number of benzene rings is 2. The number of carbonyl (C=O) groups is 2. The number of carbonyl (C=O) groups excluding carboxylic acids is 1. The highest BCUT2D eigenvalue weighted by molar-refractivity contribution is 6.31. The van der Waals surface area contributed by atoms with Crippen LogP contribution in [0.3, 0.4) is 0 Å². The number of aromatic carboxylic acids is 1. The van der Waals surface area contributed by atoms with Gasteiger partial charge in [0.15, 0.2) is 0 Å². The predicted molar refractivity (Wildman–Crippen MR) is 112 cm³/mol. The number of carboxylic acids is 1. The number of halogens is 3. The fourth-order valence-corrected chi connectivity index (χ4v) is 3.58. The standard InChI is InChI=1S/C21H14ClF2N3O6/c22-17-13(15(23)5-6-16(17)24)9-27-18(28)14(19(29)30)10-26(20(27)31)12-3-1-11(2-4-12)25-7-8-33-21(25)32/h1-6,10H,7-9H2,(H,29,30). The van der Waals surface area contributed by atoms with Crippen LogP contribution in [0.2, 0.25) is 5.02 Å². The van der Waals surface area contributed by atoms with Crippen LogP contribution in [0.15, 0.2) is 52.2 Å². The Hall–Kier alpha value is -3.99. The van der Waals surface area contributed by atoms with Crippen molar-refractivity contribution < 1.29 is 28.2 Å². The maximum atomic E-state index is 14.3. The molecule has 0 saturated carbocycles. The highest BCUT2D eigenvalue weighted by Crippen LogP contribution is 2.23. The molecule has 2 heterocycles. The number of carboxylic acid groups (broad SMARTS) is 1. The number of nitrogens with zero attached hydrogens (tertiary/aromatic N) is 3. The van der Waals surface area contributed by atoms with E-state index in [1.807, 2.05) is 0 Å². The summed E-state index contributed by atoms with van der Waals surface area (Å²) in [6.45, 7) is -0.225. The second kappa shape index (κ2) is 8.51. The van der Waals surface area contributed by atoms with Gasteiger partial charge < -0.3 is 9.84 Å². The van der Waals surface area contributed by atoms with Gasteiger partial charge in [0.05, 0.1) is 23.8 Å². The largest absolute Gasteiger partial charge is 0.477 e. The molecule has 2 aromatic carbocycles. The van der Waals surface area contributed by atoms with E-state index in [9.17, 15) is 33.1 Å². The van der Waals surface area contributed by atoms with E-state index in [4.69, 9.17) is 16.3 Å². The molecule has 3 aromatic rings. The van der Waals surface area contributed by atoms with E-state index in [0.29, 0.717) is 16.8 Å². The molecule has 0 radical (unpaired) electrons. The monoisotopic (exact) mass is 477 g/mol. The summed E-state index contributed by atoms with van der Waals surface area (Å²) in [4.78, 5) is 50.4. The van der Waals surface area contributed by atoms with Crippen LogP contribution in [0.1, 0.15) is 15.9 Å². The summed E-state index contributed by atoms with van der Waals surface area (Å²) >= 11 is 5.81. The minimum Gasteiger partial charge on any atom is -0.477 e. The number of rotatable bonds is 5. The van der Waals surface area contributed by atoms with Crippen LogP contribution in [0, 0.1) is 11.6 Å². The van der Waals surface area contributed by atoms with Gasteiger partial charge in [-0.25, -0.2) is 23.2 Å². The molecule has 1 saturated heterocycles. The zero-order valence-corrected chi connectivity index (χ0v) is 17.4. The number of amides is 1. The summed E-state index contributed by atoms with van der Waals surface area (Å²) in [5, 5.41) is 8.81. The number of hydrogen-bond donors (Lipinski definition) is 1. The van der Waals surface area contributed by atoms with Crippen molar-refractivity contribution in [2.45, 2.75) is 6.54 Å². The van der Waals surface area contributed by atoms with Crippen molar-refractivity contribution in [3.63, 3.8) is 0 Å². The first-order valence-electron chi connectivity index (χ1n) is 9.46. The van der Waals surface area contributed by atoms with Crippen molar-refractivity contribution in [1.82, 2.24) is 9.13 Å². The van der Waals surface area contributed by atoms with E-state index >= 15 is 0 Å². The van der Waals surface area contributed by atoms with Gasteiger partial charge >= 0.3 is 17.8 Å². The average Bonchev–Trinajstić information content (AvgIpc) is 3.22. The smallest absolute Gasteiger partial charge is 0.414 e. The number of hydrogen-bond acceptors (Lipinski definition) is 5. The molecular formula is C21H14ClF2N3O6. The average molecular weight is 478 g/mol. The highest BCUT2D eigenvalue weighted by atomic mass is 35.5. The SMILES string of the molecule is O=C(O)c1cn(-c2ccc(N3CCOC3=O)cc2)c(=O)n(Cc2c(F)ccc(F)c2Cl)c1=O. The number of anilines is 1. The van der Waals surface area contributed by atoms with E-state index < -0.39 is 57.6 Å². The van der Waals surface area contributed by atoms with Gasteiger partial charge in [0.1, 0.15) is 23.8 Å². The van der Waals surface area contributed by atoms with Crippen LogP contribution in [0.25, 0.3) is 5.69 Å². The fraction of sp³-hybridized carbons (Fsp3) is 0.143. The molecule has 33 heavy (non-hydrogen) atoms.